The number of thioether (sulfide) groups is 1. The molecule has 1 aliphatic heterocycles. The van der Waals surface area contributed by atoms with E-state index < -0.39 is 23.2 Å². The van der Waals surface area contributed by atoms with E-state index in [0.29, 0.717) is 11.8 Å². The summed E-state index contributed by atoms with van der Waals surface area (Å²) in [5, 5.41) is 9.80. The van der Waals surface area contributed by atoms with Gasteiger partial charge in [-0.3, -0.25) is 14.5 Å². The van der Waals surface area contributed by atoms with Crippen molar-refractivity contribution in [1.29, 1.82) is 0 Å². The van der Waals surface area contributed by atoms with Crippen molar-refractivity contribution in [2.24, 2.45) is 0 Å². The van der Waals surface area contributed by atoms with Gasteiger partial charge in [0.2, 0.25) is 0 Å². The highest BCUT2D eigenvalue weighted by atomic mass is 35.5. The summed E-state index contributed by atoms with van der Waals surface area (Å²) in [6, 6.07) is 1.80. The van der Waals surface area contributed by atoms with Gasteiger partial charge in [0.05, 0.1) is 19.1 Å². The zero-order chi connectivity index (χ0) is 18.0. The van der Waals surface area contributed by atoms with E-state index in [2.05, 4.69) is 4.74 Å². The monoisotopic (exact) mass is 371 g/mol. The predicted molar refractivity (Wildman–Crippen MR) is 89.0 cm³/mol. The lowest BCUT2D eigenvalue weighted by atomic mass is 10.1. The lowest BCUT2D eigenvalue weighted by Gasteiger charge is -2.18. The van der Waals surface area contributed by atoms with Gasteiger partial charge in [-0.1, -0.05) is 11.6 Å². The van der Waals surface area contributed by atoms with Crippen LogP contribution in [-0.2, 0) is 14.3 Å². The molecule has 1 aliphatic rings. The van der Waals surface area contributed by atoms with Crippen molar-refractivity contribution in [2.75, 3.05) is 14.2 Å². The minimum atomic E-state index is -1.05. The SMILES string of the molecule is COC(=O)[C@H](C)N1C(=O)S/C(=C/c2cc(Cl)cc(OC)c2O)C1=O. The molecule has 0 saturated carbocycles. The fraction of sp³-hybridized carbons (Fsp3) is 0.267. The third-order valence-corrected chi connectivity index (χ3v) is 4.43. The molecule has 2 rings (SSSR count). The van der Waals surface area contributed by atoms with Gasteiger partial charge in [-0.2, -0.15) is 0 Å². The number of halogens is 1. The molecule has 7 nitrogen and oxygen atoms in total. The number of aromatic hydroxyl groups is 1. The first kappa shape index (κ1) is 18.2. The molecule has 1 aromatic carbocycles. The second kappa shape index (κ2) is 7.14. The van der Waals surface area contributed by atoms with Gasteiger partial charge in [-0.25, -0.2) is 4.79 Å². The van der Waals surface area contributed by atoms with Gasteiger partial charge >= 0.3 is 5.97 Å². The number of methoxy groups -OCH3 is 2. The summed E-state index contributed by atoms with van der Waals surface area (Å²) in [6.45, 7) is 1.39. The normalized spacial score (nSPS) is 17.3. The van der Waals surface area contributed by atoms with Gasteiger partial charge in [-0.05, 0) is 30.8 Å². The molecule has 0 aromatic heterocycles. The van der Waals surface area contributed by atoms with Crippen LogP contribution >= 0.6 is 23.4 Å². The van der Waals surface area contributed by atoms with Gasteiger partial charge in [-0.15, -0.1) is 0 Å². The fourth-order valence-corrected chi connectivity index (χ4v) is 3.21. The first-order valence-corrected chi connectivity index (χ1v) is 7.91. The van der Waals surface area contributed by atoms with Crippen LogP contribution in [0.2, 0.25) is 5.02 Å². The lowest BCUT2D eigenvalue weighted by molar-refractivity contribution is -0.148. The Balaban J connectivity index is 2.39. The number of hydrogen-bond donors (Lipinski definition) is 1. The van der Waals surface area contributed by atoms with Crippen LogP contribution in [0.15, 0.2) is 17.0 Å². The molecule has 128 valence electrons. The Labute approximate surface area is 147 Å². The Morgan fingerprint density at radius 1 is 1.38 bits per heavy atom. The smallest absolute Gasteiger partial charge is 0.328 e. The van der Waals surface area contributed by atoms with Crippen LogP contribution in [-0.4, -0.2) is 47.4 Å². The second-order valence-corrected chi connectivity index (χ2v) is 6.23. The van der Waals surface area contributed by atoms with Crippen molar-refractivity contribution in [3.8, 4) is 11.5 Å². The number of amides is 2. The molecule has 1 heterocycles. The van der Waals surface area contributed by atoms with Crippen LogP contribution in [0.4, 0.5) is 4.79 Å². The Morgan fingerprint density at radius 3 is 2.62 bits per heavy atom. The minimum absolute atomic E-state index is 0.0513. The molecule has 1 aromatic rings. The average Bonchev–Trinajstić information content (AvgIpc) is 2.82. The molecule has 2 amide bonds. The van der Waals surface area contributed by atoms with Gasteiger partial charge in [0.1, 0.15) is 6.04 Å². The van der Waals surface area contributed by atoms with Crippen LogP contribution in [0.25, 0.3) is 6.08 Å². The maximum atomic E-state index is 12.4. The van der Waals surface area contributed by atoms with Crippen molar-refractivity contribution >= 4 is 46.6 Å². The topological polar surface area (TPSA) is 93.1 Å². The quantitative estimate of drug-likeness (QED) is 0.642. The predicted octanol–water partition coefficient (Wildman–Crippen LogP) is 2.65. The van der Waals surface area contributed by atoms with E-state index in [1.807, 2.05) is 0 Å². The van der Waals surface area contributed by atoms with E-state index in [0.717, 1.165) is 4.90 Å². The number of ether oxygens (including phenoxy) is 2. The number of nitrogens with zero attached hydrogens (tertiary/aromatic N) is 1. The number of carbonyl (C=O) groups excluding carboxylic acids is 3. The molecule has 0 radical (unpaired) electrons. The molecule has 9 heteroatoms. The molecule has 1 atom stereocenters. The van der Waals surface area contributed by atoms with Crippen molar-refractivity contribution < 1.29 is 29.0 Å². The zero-order valence-corrected chi connectivity index (χ0v) is 14.6. The van der Waals surface area contributed by atoms with Gasteiger partial charge in [0, 0.05) is 16.7 Å². The Kier molecular flexibility index (Phi) is 5.40. The van der Waals surface area contributed by atoms with E-state index in [-0.39, 0.29) is 27.0 Å². The summed E-state index contributed by atoms with van der Waals surface area (Å²) in [6.07, 6.45) is 1.32. The van der Waals surface area contributed by atoms with Gasteiger partial charge in [0.25, 0.3) is 11.1 Å². The highest BCUT2D eigenvalue weighted by molar-refractivity contribution is 8.18. The van der Waals surface area contributed by atoms with E-state index >= 15 is 0 Å². The van der Waals surface area contributed by atoms with Crippen LogP contribution in [0.1, 0.15) is 12.5 Å². The van der Waals surface area contributed by atoms with E-state index in [4.69, 9.17) is 16.3 Å². The molecule has 0 spiro atoms. The number of phenolic OH excluding ortho intramolecular Hbond substituents is 1. The third-order valence-electron chi connectivity index (χ3n) is 3.33. The number of hydrogen-bond acceptors (Lipinski definition) is 7. The van der Waals surface area contributed by atoms with Crippen molar-refractivity contribution in [2.45, 2.75) is 13.0 Å². The summed E-state index contributed by atoms with van der Waals surface area (Å²) in [7, 11) is 2.53. The summed E-state index contributed by atoms with van der Waals surface area (Å²) >= 11 is 6.60. The molecule has 1 N–H and O–H groups in total. The Morgan fingerprint density at radius 2 is 2.04 bits per heavy atom. The van der Waals surface area contributed by atoms with Gasteiger partial charge < -0.3 is 14.6 Å². The molecular weight excluding hydrogens is 358 g/mol. The highest BCUT2D eigenvalue weighted by Gasteiger charge is 2.41. The number of carbonyl (C=O) groups is 3. The largest absolute Gasteiger partial charge is 0.504 e. The minimum Gasteiger partial charge on any atom is -0.504 e. The van der Waals surface area contributed by atoms with E-state index in [9.17, 15) is 19.5 Å². The summed E-state index contributed by atoms with van der Waals surface area (Å²) in [4.78, 5) is 36.8. The first-order valence-electron chi connectivity index (χ1n) is 6.71. The molecule has 1 fully saturated rings. The molecule has 0 aliphatic carbocycles. The van der Waals surface area contributed by atoms with E-state index in [1.54, 1.807) is 0 Å². The number of rotatable bonds is 4. The molecule has 24 heavy (non-hydrogen) atoms. The average molecular weight is 372 g/mol. The molecule has 0 unspecified atom stereocenters. The van der Waals surface area contributed by atoms with Crippen LogP contribution in [0.5, 0.6) is 11.5 Å². The summed E-state index contributed by atoms with van der Waals surface area (Å²) in [5.74, 6) is -1.43. The van der Waals surface area contributed by atoms with Crippen molar-refractivity contribution in [1.82, 2.24) is 4.90 Å². The van der Waals surface area contributed by atoms with Crippen LogP contribution in [0.3, 0.4) is 0 Å². The maximum absolute atomic E-state index is 12.4. The second-order valence-electron chi connectivity index (χ2n) is 4.80. The number of benzene rings is 1. The standard InChI is InChI=1S/C15H14ClNO6S/c1-7(14(20)23-3)17-13(19)11(24-15(17)21)5-8-4-9(16)6-10(22-2)12(8)18/h4-7,18H,1-3H3/b11-5+/t7-/m0/s1. The van der Waals surface area contributed by atoms with Gasteiger partial charge in [0.15, 0.2) is 11.5 Å². The molecule has 1 saturated heterocycles. The third kappa shape index (κ3) is 3.34. The maximum Gasteiger partial charge on any atom is 0.328 e. The molecule has 0 bridgehead atoms. The zero-order valence-electron chi connectivity index (χ0n) is 13.0. The summed E-state index contributed by atoms with van der Waals surface area (Å²) < 4.78 is 9.54. The van der Waals surface area contributed by atoms with Crippen molar-refractivity contribution in [3.05, 3.63) is 27.6 Å². The highest BCUT2D eigenvalue weighted by Crippen LogP contribution is 2.39. The molecular formula is C15H14ClNO6S. The number of phenols is 1. The Hall–Kier alpha value is -2.19. The van der Waals surface area contributed by atoms with Crippen LogP contribution < -0.4 is 4.74 Å². The fourth-order valence-electron chi connectivity index (χ4n) is 2.09. The lowest BCUT2D eigenvalue weighted by Crippen LogP contribution is -2.42. The first-order chi connectivity index (χ1) is 11.3. The Bertz CT molecular complexity index is 748. The summed E-state index contributed by atoms with van der Waals surface area (Å²) in [5.41, 5.74) is 0.218. The van der Waals surface area contributed by atoms with Crippen LogP contribution in [0, 0.1) is 0 Å². The van der Waals surface area contributed by atoms with Crippen molar-refractivity contribution in [3.63, 3.8) is 0 Å². The number of imide groups is 1. The number of esters is 1. The van der Waals surface area contributed by atoms with E-state index in [1.165, 1.54) is 39.4 Å².